The lowest BCUT2D eigenvalue weighted by atomic mass is 10.0. The summed E-state index contributed by atoms with van der Waals surface area (Å²) >= 11 is 1.86. The number of thioether (sulfide) groups is 1. The summed E-state index contributed by atoms with van der Waals surface area (Å²) in [6, 6.07) is 12.7. The number of hydrogen-bond donors (Lipinski definition) is 1. The molecule has 21 heavy (non-hydrogen) atoms. The van der Waals surface area contributed by atoms with E-state index in [2.05, 4.69) is 24.3 Å². The molecular weight excluding hydrogens is 285 g/mol. The fourth-order valence-electron chi connectivity index (χ4n) is 2.56. The minimum absolute atomic E-state index is 0.249. The molecule has 2 aromatic carbocycles. The van der Waals surface area contributed by atoms with Gasteiger partial charge in [0.1, 0.15) is 11.6 Å². The average Bonchev–Trinajstić information content (AvgIpc) is 2.89. The van der Waals surface area contributed by atoms with Crippen molar-refractivity contribution in [3.63, 3.8) is 0 Å². The van der Waals surface area contributed by atoms with Crippen molar-refractivity contribution in [3.05, 3.63) is 59.4 Å². The van der Waals surface area contributed by atoms with Crippen molar-refractivity contribution < 1.29 is 9.13 Å². The van der Waals surface area contributed by atoms with Gasteiger partial charge in [-0.25, -0.2) is 4.39 Å². The Morgan fingerprint density at radius 2 is 2.14 bits per heavy atom. The van der Waals surface area contributed by atoms with E-state index in [0.29, 0.717) is 23.8 Å². The first-order chi connectivity index (χ1) is 10.1. The molecule has 0 saturated carbocycles. The Balaban J connectivity index is 1.75. The Labute approximate surface area is 128 Å². The van der Waals surface area contributed by atoms with Gasteiger partial charge in [-0.3, -0.25) is 0 Å². The third-order valence-electron chi connectivity index (χ3n) is 3.70. The molecule has 0 aliphatic carbocycles. The lowest BCUT2D eigenvalue weighted by molar-refractivity contribution is 0.293. The molecule has 0 spiro atoms. The number of hydrogen-bond acceptors (Lipinski definition) is 3. The molecule has 1 heterocycles. The molecule has 0 saturated heterocycles. The van der Waals surface area contributed by atoms with E-state index >= 15 is 0 Å². The van der Waals surface area contributed by atoms with Gasteiger partial charge in [0.05, 0.1) is 6.61 Å². The first kappa shape index (κ1) is 14.4. The van der Waals surface area contributed by atoms with Gasteiger partial charge in [-0.2, -0.15) is 0 Å². The zero-order chi connectivity index (χ0) is 14.8. The van der Waals surface area contributed by atoms with Crippen LogP contribution in [0.3, 0.4) is 0 Å². The zero-order valence-corrected chi connectivity index (χ0v) is 12.7. The maximum Gasteiger partial charge on any atom is 0.124 e. The monoisotopic (exact) mass is 303 g/mol. The minimum atomic E-state index is -0.281. The van der Waals surface area contributed by atoms with Crippen LogP contribution in [0.15, 0.2) is 47.4 Å². The molecule has 1 unspecified atom stereocenters. The standard InChI is InChI=1S/C17H18FNOS/c1-11(19)15-8-13(18)6-7-16(15)20-9-12-10-21-17-5-3-2-4-14(12)17/h2-8,11-12H,9-10,19H2,1H3/t11-,12?/m0/s1. The predicted molar refractivity (Wildman–Crippen MR) is 84.4 cm³/mol. The molecule has 0 aromatic heterocycles. The Morgan fingerprint density at radius 3 is 2.95 bits per heavy atom. The molecule has 0 amide bonds. The molecule has 0 radical (unpaired) electrons. The van der Waals surface area contributed by atoms with Crippen molar-refractivity contribution >= 4 is 11.8 Å². The van der Waals surface area contributed by atoms with Gasteiger partial charge in [0, 0.05) is 28.2 Å². The van der Waals surface area contributed by atoms with Crippen molar-refractivity contribution in [2.24, 2.45) is 5.73 Å². The highest BCUT2D eigenvalue weighted by atomic mass is 32.2. The Bertz CT molecular complexity index is 644. The molecule has 0 bridgehead atoms. The molecule has 2 atom stereocenters. The van der Waals surface area contributed by atoms with E-state index < -0.39 is 0 Å². The summed E-state index contributed by atoms with van der Waals surface area (Å²) in [4.78, 5) is 1.33. The molecule has 2 nitrogen and oxygen atoms in total. The number of ether oxygens (including phenoxy) is 1. The van der Waals surface area contributed by atoms with Crippen LogP contribution in [0.2, 0.25) is 0 Å². The van der Waals surface area contributed by atoms with Crippen LogP contribution in [0.1, 0.15) is 30.0 Å². The van der Waals surface area contributed by atoms with Crippen molar-refractivity contribution in [2.75, 3.05) is 12.4 Å². The maximum atomic E-state index is 13.3. The topological polar surface area (TPSA) is 35.2 Å². The Kier molecular flexibility index (Phi) is 4.17. The van der Waals surface area contributed by atoms with E-state index in [1.165, 1.54) is 22.6 Å². The molecule has 110 valence electrons. The highest BCUT2D eigenvalue weighted by Gasteiger charge is 2.23. The second kappa shape index (κ2) is 6.08. The van der Waals surface area contributed by atoms with Gasteiger partial charge in [0.2, 0.25) is 0 Å². The van der Waals surface area contributed by atoms with Crippen molar-refractivity contribution in [2.45, 2.75) is 23.8 Å². The lowest BCUT2D eigenvalue weighted by Gasteiger charge is -2.17. The van der Waals surface area contributed by atoms with Crippen LogP contribution < -0.4 is 10.5 Å². The molecule has 1 aliphatic heterocycles. The highest BCUT2D eigenvalue weighted by molar-refractivity contribution is 7.99. The number of fused-ring (bicyclic) bond motifs is 1. The van der Waals surface area contributed by atoms with Crippen molar-refractivity contribution in [1.82, 2.24) is 0 Å². The summed E-state index contributed by atoms with van der Waals surface area (Å²) in [7, 11) is 0. The summed E-state index contributed by atoms with van der Waals surface area (Å²) in [6.07, 6.45) is 0. The Morgan fingerprint density at radius 1 is 1.33 bits per heavy atom. The number of halogens is 1. The zero-order valence-electron chi connectivity index (χ0n) is 11.9. The largest absolute Gasteiger partial charge is 0.493 e. The van der Waals surface area contributed by atoms with E-state index in [4.69, 9.17) is 10.5 Å². The molecule has 4 heteroatoms. The van der Waals surface area contributed by atoms with E-state index in [-0.39, 0.29) is 11.9 Å². The van der Waals surface area contributed by atoms with E-state index in [0.717, 1.165) is 5.75 Å². The van der Waals surface area contributed by atoms with Gasteiger partial charge < -0.3 is 10.5 Å². The minimum Gasteiger partial charge on any atom is -0.493 e. The van der Waals surface area contributed by atoms with Crippen LogP contribution in [-0.2, 0) is 0 Å². The van der Waals surface area contributed by atoms with Crippen LogP contribution in [0, 0.1) is 5.82 Å². The van der Waals surface area contributed by atoms with Gasteiger partial charge >= 0.3 is 0 Å². The third kappa shape index (κ3) is 3.06. The van der Waals surface area contributed by atoms with Crippen LogP contribution in [0.5, 0.6) is 5.75 Å². The van der Waals surface area contributed by atoms with E-state index in [9.17, 15) is 4.39 Å². The predicted octanol–water partition coefficient (Wildman–Crippen LogP) is 4.11. The van der Waals surface area contributed by atoms with Gasteiger partial charge in [-0.15, -0.1) is 11.8 Å². The van der Waals surface area contributed by atoms with E-state index in [1.807, 2.05) is 18.7 Å². The van der Waals surface area contributed by atoms with Crippen molar-refractivity contribution in [1.29, 1.82) is 0 Å². The summed E-state index contributed by atoms with van der Waals surface area (Å²) in [5.74, 6) is 1.79. The van der Waals surface area contributed by atoms with Crippen LogP contribution in [0.4, 0.5) is 4.39 Å². The molecule has 0 fully saturated rings. The van der Waals surface area contributed by atoms with Gasteiger partial charge in [-0.05, 0) is 36.8 Å². The highest BCUT2D eigenvalue weighted by Crippen LogP contribution is 2.39. The maximum absolute atomic E-state index is 13.3. The fourth-order valence-corrected chi connectivity index (χ4v) is 3.80. The molecule has 2 N–H and O–H groups in total. The molecule has 2 aromatic rings. The van der Waals surface area contributed by atoms with Crippen LogP contribution >= 0.6 is 11.8 Å². The Hall–Kier alpha value is -1.52. The second-order valence-corrected chi connectivity index (χ2v) is 6.39. The van der Waals surface area contributed by atoms with Gasteiger partial charge in [-0.1, -0.05) is 18.2 Å². The van der Waals surface area contributed by atoms with Crippen LogP contribution in [0.25, 0.3) is 0 Å². The normalized spacial score (nSPS) is 18.3. The molecule has 1 aliphatic rings. The van der Waals surface area contributed by atoms with E-state index in [1.54, 1.807) is 6.07 Å². The first-order valence-corrected chi connectivity index (χ1v) is 8.03. The molecule has 3 rings (SSSR count). The summed E-state index contributed by atoms with van der Waals surface area (Å²) in [5.41, 5.74) is 7.95. The van der Waals surface area contributed by atoms with Crippen LogP contribution in [-0.4, -0.2) is 12.4 Å². The average molecular weight is 303 g/mol. The second-order valence-electron chi connectivity index (χ2n) is 5.33. The quantitative estimate of drug-likeness (QED) is 0.923. The third-order valence-corrected chi connectivity index (χ3v) is 4.95. The molecular formula is C17H18FNOS. The van der Waals surface area contributed by atoms with Gasteiger partial charge in [0.25, 0.3) is 0 Å². The smallest absolute Gasteiger partial charge is 0.124 e. The number of benzene rings is 2. The van der Waals surface area contributed by atoms with Gasteiger partial charge in [0.15, 0.2) is 0 Å². The fraction of sp³-hybridized carbons (Fsp3) is 0.294. The summed E-state index contributed by atoms with van der Waals surface area (Å²) in [5, 5.41) is 0. The SMILES string of the molecule is C[C@H](N)c1cc(F)ccc1OCC1CSc2ccccc21. The lowest BCUT2D eigenvalue weighted by Crippen LogP contribution is -2.13. The first-order valence-electron chi connectivity index (χ1n) is 7.04. The summed E-state index contributed by atoms with van der Waals surface area (Å²) in [6.45, 7) is 2.43. The summed E-state index contributed by atoms with van der Waals surface area (Å²) < 4.78 is 19.3. The number of nitrogens with two attached hydrogens (primary N) is 1. The van der Waals surface area contributed by atoms with Crippen molar-refractivity contribution in [3.8, 4) is 5.75 Å². The number of rotatable bonds is 4.